The number of thiophene rings is 1. The molecule has 0 saturated heterocycles. The molecule has 0 aliphatic rings. The van der Waals surface area contributed by atoms with Gasteiger partial charge in [-0.3, -0.25) is 14.9 Å². The molecule has 40 heavy (non-hydrogen) atoms. The van der Waals surface area contributed by atoms with Crippen LogP contribution in [0.15, 0.2) is 85.3 Å². The summed E-state index contributed by atoms with van der Waals surface area (Å²) >= 11 is 1.01. The molecule has 5 aromatic heterocycles. The second kappa shape index (κ2) is 9.47. The molecule has 3 N–H and O–H groups in total. The largest absolute Gasteiger partial charge is 0.321 e. The summed E-state index contributed by atoms with van der Waals surface area (Å²) in [5, 5.41) is 9.94. The van der Waals surface area contributed by atoms with Crippen LogP contribution < -0.4 is 5.32 Å². The predicted molar refractivity (Wildman–Crippen MR) is 150 cm³/mol. The molecule has 2 aromatic carbocycles. The summed E-state index contributed by atoms with van der Waals surface area (Å²) in [6.45, 7) is 0. The summed E-state index contributed by atoms with van der Waals surface area (Å²) in [6, 6.07) is 18.6. The molecule has 5 heterocycles. The number of rotatable bonds is 5. The van der Waals surface area contributed by atoms with E-state index in [1.54, 1.807) is 60.8 Å². The maximum absolute atomic E-state index is 16.1. The number of H-pyrrole nitrogens is 2. The van der Waals surface area contributed by atoms with Crippen LogP contribution in [0.25, 0.3) is 55.2 Å². The van der Waals surface area contributed by atoms with Crippen molar-refractivity contribution in [2.45, 2.75) is 0 Å². The number of aromatic nitrogens is 6. The number of pyridine rings is 2. The zero-order valence-electron chi connectivity index (χ0n) is 20.4. The first kappa shape index (κ1) is 23.8. The van der Waals surface area contributed by atoms with Gasteiger partial charge in [0, 0.05) is 39.5 Å². The van der Waals surface area contributed by atoms with Gasteiger partial charge in [-0.1, -0.05) is 18.2 Å². The standard InChI is InChI=1S/C29H17F2N7OS/c30-22-9-8-21(40-22)19-10-11-33-27-25(19)35-28(36-27)26-23-20(37-38-26)7-6-18(24(23)31)16-12-17(14-32-13-16)34-29(39)15-4-2-1-3-5-15/h1-14H,(H,34,39)(H,37,38)(H,33,35,36). The molecular weight excluding hydrogens is 532 g/mol. The van der Waals surface area contributed by atoms with Crippen molar-refractivity contribution in [2.24, 2.45) is 0 Å². The van der Waals surface area contributed by atoms with E-state index in [4.69, 9.17) is 0 Å². The third-order valence-electron chi connectivity index (χ3n) is 6.46. The lowest BCUT2D eigenvalue weighted by atomic mass is 10.0. The highest BCUT2D eigenvalue weighted by Gasteiger charge is 2.21. The maximum Gasteiger partial charge on any atom is 0.255 e. The minimum Gasteiger partial charge on any atom is -0.321 e. The number of imidazole rings is 1. The normalized spacial score (nSPS) is 11.3. The second-order valence-electron chi connectivity index (χ2n) is 8.95. The Bertz CT molecular complexity index is 2050. The van der Waals surface area contributed by atoms with E-state index in [1.807, 2.05) is 6.07 Å². The van der Waals surface area contributed by atoms with Crippen molar-refractivity contribution < 1.29 is 13.6 Å². The fraction of sp³-hybridized carbons (Fsp3) is 0. The number of carbonyl (C=O) groups excluding carboxylic acids is 1. The molecule has 11 heteroatoms. The van der Waals surface area contributed by atoms with Crippen molar-refractivity contribution in [3.63, 3.8) is 0 Å². The van der Waals surface area contributed by atoms with Gasteiger partial charge >= 0.3 is 0 Å². The Labute approximate surface area is 228 Å². The number of benzene rings is 2. The first-order valence-corrected chi connectivity index (χ1v) is 13.0. The molecule has 194 valence electrons. The van der Waals surface area contributed by atoms with Gasteiger partial charge in [-0.05, 0) is 48.5 Å². The van der Waals surface area contributed by atoms with Gasteiger partial charge in [-0.15, -0.1) is 11.3 Å². The Kier molecular flexibility index (Phi) is 5.64. The van der Waals surface area contributed by atoms with E-state index in [-0.39, 0.29) is 27.7 Å². The van der Waals surface area contributed by atoms with Gasteiger partial charge < -0.3 is 10.3 Å². The zero-order valence-corrected chi connectivity index (χ0v) is 21.3. The molecule has 0 spiro atoms. The van der Waals surface area contributed by atoms with Gasteiger partial charge in [0.25, 0.3) is 5.91 Å². The Morgan fingerprint density at radius 1 is 0.950 bits per heavy atom. The average Bonchev–Trinajstić information content (AvgIpc) is 3.72. The molecule has 7 rings (SSSR count). The van der Waals surface area contributed by atoms with Crippen LogP contribution in [0, 0.1) is 10.9 Å². The number of nitrogens with one attached hydrogen (secondary N) is 3. The lowest BCUT2D eigenvalue weighted by Gasteiger charge is -2.09. The van der Waals surface area contributed by atoms with E-state index in [1.165, 1.54) is 18.5 Å². The van der Waals surface area contributed by atoms with Gasteiger partial charge in [0.05, 0.1) is 22.8 Å². The molecule has 0 saturated carbocycles. The molecule has 0 radical (unpaired) electrons. The predicted octanol–water partition coefficient (Wildman–Crippen LogP) is 6.82. The zero-order chi connectivity index (χ0) is 27.2. The van der Waals surface area contributed by atoms with E-state index >= 15 is 4.39 Å². The number of hydrogen-bond acceptors (Lipinski definition) is 6. The van der Waals surface area contributed by atoms with Crippen LogP contribution in [0.4, 0.5) is 14.5 Å². The average molecular weight is 550 g/mol. The summed E-state index contributed by atoms with van der Waals surface area (Å²) in [7, 11) is 0. The minimum absolute atomic E-state index is 0.235. The topological polar surface area (TPSA) is 112 Å². The van der Waals surface area contributed by atoms with E-state index < -0.39 is 5.82 Å². The highest BCUT2D eigenvalue weighted by molar-refractivity contribution is 7.14. The quantitative estimate of drug-likeness (QED) is 0.218. The van der Waals surface area contributed by atoms with Crippen LogP contribution in [0.3, 0.4) is 0 Å². The summed E-state index contributed by atoms with van der Waals surface area (Å²) in [4.78, 5) is 29.6. The van der Waals surface area contributed by atoms with Crippen LogP contribution in [0.5, 0.6) is 0 Å². The molecule has 0 fully saturated rings. The molecule has 0 aliphatic carbocycles. The molecular formula is C29H17F2N7OS. The second-order valence-corrected chi connectivity index (χ2v) is 9.98. The maximum atomic E-state index is 16.1. The molecule has 8 nitrogen and oxygen atoms in total. The van der Waals surface area contributed by atoms with Crippen molar-refractivity contribution in [3.05, 3.63) is 102 Å². The molecule has 0 aliphatic heterocycles. The Balaban J connectivity index is 1.28. The van der Waals surface area contributed by atoms with Crippen LogP contribution in [-0.2, 0) is 0 Å². The molecule has 0 unspecified atom stereocenters. The van der Waals surface area contributed by atoms with E-state index in [0.717, 1.165) is 11.3 Å². The Hall–Kier alpha value is -5.29. The monoisotopic (exact) mass is 549 g/mol. The first-order valence-electron chi connectivity index (χ1n) is 12.1. The van der Waals surface area contributed by atoms with Gasteiger partial charge in [0.2, 0.25) is 0 Å². The lowest BCUT2D eigenvalue weighted by molar-refractivity contribution is 0.102. The molecule has 0 bridgehead atoms. The molecule has 1 amide bonds. The number of nitrogens with zero attached hydrogens (tertiary/aromatic N) is 4. The van der Waals surface area contributed by atoms with Gasteiger partial charge in [0.15, 0.2) is 16.6 Å². The van der Waals surface area contributed by atoms with Crippen molar-refractivity contribution in [1.82, 2.24) is 30.1 Å². The number of amides is 1. The number of hydrogen-bond donors (Lipinski definition) is 3. The minimum atomic E-state index is -0.524. The van der Waals surface area contributed by atoms with Crippen molar-refractivity contribution >= 4 is 45.0 Å². The fourth-order valence-electron chi connectivity index (χ4n) is 4.60. The van der Waals surface area contributed by atoms with Crippen LogP contribution in [0.2, 0.25) is 0 Å². The highest BCUT2D eigenvalue weighted by atomic mass is 32.1. The Morgan fingerprint density at radius 3 is 2.65 bits per heavy atom. The molecule has 0 atom stereocenters. The van der Waals surface area contributed by atoms with Gasteiger partial charge in [-0.25, -0.2) is 14.4 Å². The number of carbonyl (C=O) groups is 1. The fourth-order valence-corrected chi connectivity index (χ4v) is 5.35. The van der Waals surface area contributed by atoms with E-state index in [0.29, 0.717) is 49.8 Å². The number of anilines is 1. The third kappa shape index (κ3) is 4.09. The number of halogens is 2. The third-order valence-corrected chi connectivity index (χ3v) is 7.36. The van der Waals surface area contributed by atoms with E-state index in [2.05, 4.69) is 35.5 Å². The van der Waals surface area contributed by atoms with Crippen molar-refractivity contribution in [2.75, 3.05) is 5.32 Å². The van der Waals surface area contributed by atoms with Crippen molar-refractivity contribution in [1.29, 1.82) is 0 Å². The Morgan fingerprint density at radius 2 is 1.82 bits per heavy atom. The summed E-state index contributed by atoms with van der Waals surface area (Å²) in [6.07, 6.45) is 4.64. The van der Waals surface area contributed by atoms with Gasteiger partial charge in [-0.2, -0.15) is 9.49 Å². The van der Waals surface area contributed by atoms with E-state index in [9.17, 15) is 9.18 Å². The van der Waals surface area contributed by atoms with Crippen molar-refractivity contribution in [3.8, 4) is 33.1 Å². The smallest absolute Gasteiger partial charge is 0.255 e. The van der Waals surface area contributed by atoms with Crippen LogP contribution in [0.1, 0.15) is 10.4 Å². The number of aromatic amines is 2. The molecule has 7 aromatic rings. The van der Waals surface area contributed by atoms with Crippen LogP contribution in [-0.4, -0.2) is 36.0 Å². The lowest BCUT2D eigenvalue weighted by Crippen LogP contribution is -2.11. The summed E-state index contributed by atoms with van der Waals surface area (Å²) < 4.78 is 29.8. The van der Waals surface area contributed by atoms with Gasteiger partial charge in [0.1, 0.15) is 17.0 Å². The summed E-state index contributed by atoms with van der Waals surface area (Å²) in [5.41, 5.74) is 4.15. The SMILES string of the molecule is O=C(Nc1cncc(-c2ccc3[nH]nc(-c4nc5c(-c6ccc(F)s6)ccnc5[nH]4)c3c2F)c1)c1ccccc1. The number of fused-ring (bicyclic) bond motifs is 2. The summed E-state index contributed by atoms with van der Waals surface area (Å²) in [5.74, 6) is -0.504. The first-order chi connectivity index (χ1) is 19.5. The van der Waals surface area contributed by atoms with Crippen LogP contribution >= 0.6 is 11.3 Å². The highest BCUT2D eigenvalue weighted by Crippen LogP contribution is 2.36.